The predicted octanol–water partition coefficient (Wildman–Crippen LogP) is 1.59. The van der Waals surface area contributed by atoms with Crippen molar-refractivity contribution in [1.82, 2.24) is 0 Å². The lowest BCUT2D eigenvalue weighted by Gasteiger charge is -2.37. The van der Waals surface area contributed by atoms with E-state index in [1.807, 2.05) is 0 Å². The molecule has 0 saturated carbocycles. The molecule has 0 radical (unpaired) electrons. The molecule has 0 aromatic heterocycles. The van der Waals surface area contributed by atoms with Crippen molar-refractivity contribution in [2.75, 3.05) is 6.54 Å². The highest BCUT2D eigenvalue weighted by Gasteiger charge is 2.38. The van der Waals surface area contributed by atoms with Gasteiger partial charge in [-0.25, -0.2) is 9.79 Å². The second kappa shape index (κ2) is 10.0. The Hall–Kier alpha value is 0.561. The highest BCUT2D eigenvalue weighted by Crippen LogP contribution is 2.31. The van der Waals surface area contributed by atoms with E-state index < -0.39 is 54.2 Å². The average Bonchev–Trinajstić information content (AvgIpc) is 2.37. The van der Waals surface area contributed by atoms with E-state index >= 15 is 0 Å². The van der Waals surface area contributed by atoms with Gasteiger partial charge in [-0.05, 0) is 65.3 Å². The van der Waals surface area contributed by atoms with E-state index in [0.29, 0.717) is 6.54 Å². The van der Waals surface area contributed by atoms with Crippen molar-refractivity contribution in [3.63, 3.8) is 0 Å². The quantitative estimate of drug-likeness (QED) is 0.263. The third-order valence-electron chi connectivity index (χ3n) is 3.25. The molecule has 0 aliphatic heterocycles. The zero-order chi connectivity index (χ0) is 19.1. The number of aliphatic imine (C=N–C) groups is 1. The van der Waals surface area contributed by atoms with Crippen molar-refractivity contribution < 1.29 is 17.1 Å². The van der Waals surface area contributed by atoms with Crippen LogP contribution < -0.4 is 0 Å². The fourth-order valence-electron chi connectivity index (χ4n) is 1.79. The van der Waals surface area contributed by atoms with Crippen LogP contribution in [0.4, 0.5) is 0 Å². The van der Waals surface area contributed by atoms with Gasteiger partial charge in [0.05, 0.1) is 6.54 Å². The van der Waals surface area contributed by atoms with Crippen molar-refractivity contribution in [3.05, 3.63) is 0 Å². The molecule has 0 atom stereocenters. The molecule has 0 aromatic carbocycles. The minimum absolute atomic E-state index is 0.154. The maximum Gasteiger partial charge on any atom is 0.234 e. The molecular weight excluding hydrogens is 403 g/mol. The molecule has 5 nitrogen and oxygen atoms in total. The molecule has 0 rings (SSSR count). The minimum atomic E-state index is -1.55. The summed E-state index contributed by atoms with van der Waals surface area (Å²) in [7, 11) is -6.95. The second-order valence-electron chi connectivity index (χ2n) is 9.43. The van der Waals surface area contributed by atoms with Crippen LogP contribution in [0.5, 0.6) is 0 Å². The zero-order valence-electron chi connectivity index (χ0n) is 17.1. The summed E-state index contributed by atoms with van der Waals surface area (Å²) in [5.41, 5.74) is 0. The highest BCUT2D eigenvalue weighted by atomic mass is 28.4. The molecular formula is C13H37NO4Si6. The smallest absolute Gasteiger partial charge is 0.234 e. The molecule has 0 spiro atoms. The van der Waals surface area contributed by atoms with Crippen LogP contribution in [0.3, 0.4) is 0 Å². The Morgan fingerprint density at radius 3 is 1.38 bits per heavy atom. The monoisotopic (exact) mass is 439 g/mol. The molecule has 0 bridgehead atoms. The summed E-state index contributed by atoms with van der Waals surface area (Å²) in [4.78, 5) is 14.3. The van der Waals surface area contributed by atoms with Gasteiger partial charge in [-0.2, -0.15) is 0 Å². The minimum Gasteiger partial charge on any atom is -0.461 e. The standard InChI is InChI=1S/C13H37NO4Si6/c1-22(2,3)16-19-13(10-11-14-12-15,20-17-23(4,5)6)21-18-24(7,8)9/h10-11,19-21H2,1-9H3. The van der Waals surface area contributed by atoms with Crippen LogP contribution in [0.15, 0.2) is 4.99 Å². The van der Waals surface area contributed by atoms with Crippen molar-refractivity contribution in [2.24, 2.45) is 4.99 Å². The fraction of sp³-hybridized carbons (Fsp3) is 0.923. The first-order chi connectivity index (χ1) is 10.7. The van der Waals surface area contributed by atoms with Gasteiger partial charge < -0.3 is 12.3 Å². The van der Waals surface area contributed by atoms with E-state index in [2.05, 4.69) is 63.9 Å². The summed E-state index contributed by atoms with van der Waals surface area (Å²) in [5.74, 6) is 0. The lowest BCUT2D eigenvalue weighted by molar-refractivity contribution is 0.513. The topological polar surface area (TPSA) is 57.1 Å². The van der Waals surface area contributed by atoms with E-state index in [-0.39, 0.29) is 4.28 Å². The highest BCUT2D eigenvalue weighted by molar-refractivity contribution is 6.86. The van der Waals surface area contributed by atoms with Crippen LogP contribution in [0.1, 0.15) is 6.42 Å². The van der Waals surface area contributed by atoms with Gasteiger partial charge in [-0.15, -0.1) is 0 Å². The van der Waals surface area contributed by atoms with Crippen molar-refractivity contribution in [3.8, 4) is 0 Å². The second-order valence-corrected chi connectivity index (χ2v) is 33.9. The number of carbonyl (C=O) groups excluding carboxylic acids is 1. The van der Waals surface area contributed by atoms with E-state index in [1.165, 1.54) is 0 Å². The molecule has 24 heavy (non-hydrogen) atoms. The Bertz CT molecular complexity index is 378. The summed E-state index contributed by atoms with van der Waals surface area (Å²) in [6.07, 6.45) is 2.58. The number of isocyanates is 1. The molecule has 0 aliphatic carbocycles. The Balaban J connectivity index is 5.30. The van der Waals surface area contributed by atoms with Gasteiger partial charge in [-0.1, -0.05) is 0 Å². The Morgan fingerprint density at radius 2 is 1.12 bits per heavy atom. The summed E-state index contributed by atoms with van der Waals surface area (Å²) in [6.45, 7) is 20.8. The third-order valence-corrected chi connectivity index (χ3v) is 21.9. The molecule has 0 unspecified atom stereocenters. The van der Waals surface area contributed by atoms with Crippen LogP contribution in [-0.2, 0) is 17.1 Å². The number of nitrogens with zero attached hydrogens (tertiary/aromatic N) is 1. The van der Waals surface area contributed by atoms with Crippen LogP contribution in [0.25, 0.3) is 0 Å². The van der Waals surface area contributed by atoms with Crippen molar-refractivity contribution in [1.29, 1.82) is 0 Å². The average molecular weight is 440 g/mol. The first-order valence-corrected chi connectivity index (χ1v) is 22.7. The third kappa shape index (κ3) is 13.8. The van der Waals surface area contributed by atoms with E-state index in [0.717, 1.165) is 6.42 Å². The Morgan fingerprint density at radius 1 is 0.792 bits per heavy atom. The molecule has 0 aliphatic rings. The van der Waals surface area contributed by atoms with Crippen molar-refractivity contribution in [2.45, 2.75) is 69.6 Å². The van der Waals surface area contributed by atoms with E-state index in [9.17, 15) is 4.79 Å². The predicted molar refractivity (Wildman–Crippen MR) is 119 cm³/mol. The molecule has 0 fully saturated rings. The number of rotatable bonds is 12. The van der Waals surface area contributed by atoms with Gasteiger partial charge in [0, 0.05) is 4.28 Å². The summed E-state index contributed by atoms with van der Waals surface area (Å²) in [5, 5.41) is 0. The van der Waals surface area contributed by atoms with Crippen LogP contribution >= 0.6 is 0 Å². The Labute approximate surface area is 158 Å². The van der Waals surface area contributed by atoms with Gasteiger partial charge in [-0.3, -0.25) is 0 Å². The van der Waals surface area contributed by atoms with Crippen molar-refractivity contribution >= 4 is 60.3 Å². The number of hydrogen-bond acceptors (Lipinski definition) is 5. The van der Waals surface area contributed by atoms with Gasteiger partial charge in [0.1, 0.15) is 0 Å². The molecule has 0 amide bonds. The van der Waals surface area contributed by atoms with Gasteiger partial charge >= 0.3 is 0 Å². The fourth-order valence-corrected chi connectivity index (χ4v) is 18.1. The van der Waals surface area contributed by atoms with Crippen LogP contribution in [-0.4, -0.2) is 66.9 Å². The number of hydrogen-bond donors (Lipinski definition) is 0. The molecule has 0 saturated heterocycles. The van der Waals surface area contributed by atoms with Crippen LogP contribution in [0, 0.1) is 0 Å². The lowest BCUT2D eigenvalue weighted by Crippen LogP contribution is -2.47. The van der Waals surface area contributed by atoms with Gasteiger partial charge in [0.25, 0.3) is 0 Å². The molecule has 0 heterocycles. The summed E-state index contributed by atoms with van der Waals surface area (Å²) >= 11 is 0. The first kappa shape index (κ1) is 24.6. The normalized spacial score (nSPS) is 17.2. The largest absolute Gasteiger partial charge is 0.461 e. The first-order valence-electron chi connectivity index (χ1n) is 8.64. The molecule has 0 aromatic rings. The maximum atomic E-state index is 10.5. The SMILES string of the molecule is C[Si](C)(C)O[SiH2]C(CCN=C=O)([SiH2]O[Si](C)(C)C)[SiH2]O[Si](C)(C)C. The lowest BCUT2D eigenvalue weighted by atomic mass is 10.5. The molecule has 11 heteroatoms. The Kier molecular flexibility index (Phi) is 10.3. The van der Waals surface area contributed by atoms with Gasteiger partial charge in [0.15, 0.2) is 54.2 Å². The van der Waals surface area contributed by atoms with Crippen LogP contribution in [0.2, 0.25) is 63.2 Å². The molecule has 0 N–H and O–H groups in total. The maximum absolute atomic E-state index is 10.5. The zero-order valence-corrected chi connectivity index (χ0v) is 24.4. The molecule has 142 valence electrons. The summed E-state index contributed by atoms with van der Waals surface area (Å²) < 4.78 is 19.5. The van der Waals surface area contributed by atoms with Gasteiger partial charge in [0.2, 0.25) is 6.08 Å². The van der Waals surface area contributed by atoms with E-state index in [1.54, 1.807) is 6.08 Å². The van der Waals surface area contributed by atoms with E-state index in [4.69, 9.17) is 12.3 Å². The summed E-state index contributed by atoms with van der Waals surface area (Å²) in [6, 6.07) is 0.